The minimum absolute atomic E-state index is 0.0216. The maximum absolute atomic E-state index is 13.3. The smallest absolute Gasteiger partial charge is 0.316 e. The van der Waals surface area contributed by atoms with Gasteiger partial charge in [-0.3, -0.25) is 4.79 Å². The zero-order chi connectivity index (χ0) is 18.6. The van der Waals surface area contributed by atoms with E-state index < -0.39 is 31.5 Å². The van der Waals surface area contributed by atoms with Crippen LogP contribution in [0.2, 0.25) is 19.6 Å². The Kier molecular flexibility index (Phi) is 3.14. The lowest BCUT2D eigenvalue weighted by molar-refractivity contribution is -0.296. The Balaban J connectivity index is 1.88. The van der Waals surface area contributed by atoms with Crippen molar-refractivity contribution in [2.24, 2.45) is 17.3 Å². The zero-order valence-electron chi connectivity index (χ0n) is 16.3. The fourth-order valence-corrected chi connectivity index (χ4v) is 8.00. The summed E-state index contributed by atoms with van der Waals surface area (Å²) in [6.07, 6.45) is 1.32. The van der Waals surface area contributed by atoms with E-state index in [9.17, 15) is 9.90 Å². The third kappa shape index (κ3) is 1.66. The molecule has 1 spiro atoms. The molecule has 1 saturated carbocycles. The largest absolute Gasteiger partial charge is 0.459 e. The highest BCUT2D eigenvalue weighted by Gasteiger charge is 2.79. The second-order valence-electron chi connectivity index (χ2n) is 9.78. The van der Waals surface area contributed by atoms with E-state index in [1.54, 1.807) is 0 Å². The molecule has 3 fully saturated rings. The van der Waals surface area contributed by atoms with Gasteiger partial charge in [-0.05, 0) is 68.1 Å². The number of aryl methyl sites for hydroxylation is 2. The highest BCUT2D eigenvalue weighted by atomic mass is 28.4. The number of aliphatic hydroxyl groups excluding tert-OH is 1. The normalized spacial score (nSPS) is 42.6. The van der Waals surface area contributed by atoms with Gasteiger partial charge in [0.2, 0.25) is 0 Å². The van der Waals surface area contributed by atoms with Crippen LogP contribution in [0.15, 0.2) is 12.1 Å². The number of fused-ring (bicyclic) bond motifs is 2. The number of carbonyl (C=O) groups excluding carboxylic acids is 1. The standard InChI is InChI=1S/C21H28O4Si/c1-11-6-7-13-8-9-20-12(2)17(22)18(24-19(20)23)15-10-14(11)16(13)21(15,20)25-26(3,4)5/h6-7,12,15,17-18,22H,8-10H2,1-5H3/t12?,15-,17?,18-,20+,21-/m1/s1. The molecule has 26 heavy (non-hydrogen) atoms. The molecule has 2 aliphatic heterocycles. The van der Waals surface area contributed by atoms with E-state index in [0.29, 0.717) is 6.42 Å². The summed E-state index contributed by atoms with van der Waals surface area (Å²) in [4.78, 5) is 13.3. The predicted molar refractivity (Wildman–Crippen MR) is 100 cm³/mol. The van der Waals surface area contributed by atoms with Gasteiger partial charge in [0.15, 0.2) is 8.32 Å². The van der Waals surface area contributed by atoms with Crippen LogP contribution in [-0.2, 0) is 32.4 Å². The molecule has 4 nitrogen and oxygen atoms in total. The first kappa shape index (κ1) is 17.0. The van der Waals surface area contributed by atoms with Gasteiger partial charge in [0.25, 0.3) is 0 Å². The van der Waals surface area contributed by atoms with Gasteiger partial charge >= 0.3 is 5.97 Å². The number of ether oxygens (including phenoxy) is 1. The summed E-state index contributed by atoms with van der Waals surface area (Å²) in [6, 6.07) is 4.43. The Morgan fingerprint density at radius 1 is 1.31 bits per heavy atom. The predicted octanol–water partition coefficient (Wildman–Crippen LogP) is 3.08. The van der Waals surface area contributed by atoms with Crippen LogP contribution in [0.1, 0.15) is 35.6 Å². The van der Waals surface area contributed by atoms with Crippen molar-refractivity contribution in [3.63, 3.8) is 0 Å². The van der Waals surface area contributed by atoms with Crippen LogP contribution in [0.3, 0.4) is 0 Å². The van der Waals surface area contributed by atoms with Gasteiger partial charge in [-0.1, -0.05) is 19.1 Å². The van der Waals surface area contributed by atoms with Crippen molar-refractivity contribution in [2.75, 3.05) is 0 Å². The minimum Gasteiger partial charge on any atom is -0.459 e. The molecule has 140 valence electrons. The molecule has 5 heteroatoms. The van der Waals surface area contributed by atoms with Crippen molar-refractivity contribution in [3.8, 4) is 0 Å². The van der Waals surface area contributed by atoms with Crippen LogP contribution >= 0.6 is 0 Å². The molecular formula is C21H28O4Si. The summed E-state index contributed by atoms with van der Waals surface area (Å²) in [7, 11) is -1.97. The highest BCUT2D eigenvalue weighted by Crippen LogP contribution is 2.71. The molecule has 2 bridgehead atoms. The average molecular weight is 373 g/mol. The lowest BCUT2D eigenvalue weighted by Crippen LogP contribution is -2.76. The first-order valence-corrected chi connectivity index (χ1v) is 13.3. The molecule has 0 amide bonds. The van der Waals surface area contributed by atoms with Gasteiger partial charge in [-0.2, -0.15) is 0 Å². The van der Waals surface area contributed by atoms with E-state index in [0.717, 1.165) is 12.8 Å². The van der Waals surface area contributed by atoms with Crippen molar-refractivity contribution in [2.45, 2.75) is 70.6 Å². The van der Waals surface area contributed by atoms with Gasteiger partial charge in [0.1, 0.15) is 17.1 Å². The van der Waals surface area contributed by atoms with Crippen LogP contribution in [0.4, 0.5) is 0 Å². The number of hydrogen-bond donors (Lipinski definition) is 1. The fraction of sp³-hybridized carbons (Fsp3) is 0.667. The Morgan fingerprint density at radius 3 is 2.73 bits per heavy atom. The molecule has 2 unspecified atom stereocenters. The molecule has 1 aromatic carbocycles. The molecule has 5 aliphatic rings. The molecule has 0 radical (unpaired) electrons. The first-order valence-electron chi connectivity index (χ1n) is 9.84. The zero-order valence-corrected chi connectivity index (χ0v) is 17.3. The van der Waals surface area contributed by atoms with Crippen LogP contribution in [0.25, 0.3) is 0 Å². The lowest BCUT2D eigenvalue weighted by Gasteiger charge is -2.66. The molecule has 2 saturated heterocycles. The SMILES string of the molecule is Cc1ccc2c3c1C[C@@H]1[C@H]4OC(=O)[C@](CC2)(C(C)C4O)[C@]31O[Si](C)(C)C. The van der Waals surface area contributed by atoms with Crippen LogP contribution in [0.5, 0.6) is 0 Å². The maximum Gasteiger partial charge on any atom is 0.316 e. The molecule has 0 aromatic heterocycles. The highest BCUT2D eigenvalue weighted by molar-refractivity contribution is 6.69. The van der Waals surface area contributed by atoms with Crippen molar-refractivity contribution in [1.29, 1.82) is 0 Å². The van der Waals surface area contributed by atoms with Crippen molar-refractivity contribution in [3.05, 3.63) is 34.4 Å². The van der Waals surface area contributed by atoms with Gasteiger partial charge in [-0.25, -0.2) is 0 Å². The van der Waals surface area contributed by atoms with E-state index in [2.05, 4.69) is 38.7 Å². The first-order chi connectivity index (χ1) is 12.1. The molecule has 1 aromatic rings. The van der Waals surface area contributed by atoms with Gasteiger partial charge in [0.05, 0.1) is 6.10 Å². The third-order valence-electron chi connectivity index (χ3n) is 7.50. The summed E-state index contributed by atoms with van der Waals surface area (Å²) in [5.74, 6) is -0.274. The summed E-state index contributed by atoms with van der Waals surface area (Å²) in [5.41, 5.74) is 3.82. The number of aliphatic hydroxyl groups is 1. The molecular weight excluding hydrogens is 344 g/mol. The van der Waals surface area contributed by atoms with Gasteiger partial charge < -0.3 is 14.3 Å². The lowest BCUT2D eigenvalue weighted by atomic mass is 9.46. The maximum atomic E-state index is 13.3. The Labute approximate surface area is 156 Å². The van der Waals surface area contributed by atoms with Crippen molar-refractivity contribution in [1.82, 2.24) is 0 Å². The van der Waals surface area contributed by atoms with Gasteiger partial charge in [0, 0.05) is 11.8 Å². The number of benzene rings is 1. The fourth-order valence-electron chi connectivity index (χ4n) is 6.60. The number of hydrogen-bond acceptors (Lipinski definition) is 4. The third-order valence-corrected chi connectivity index (χ3v) is 8.43. The Morgan fingerprint density at radius 2 is 2.04 bits per heavy atom. The van der Waals surface area contributed by atoms with E-state index in [4.69, 9.17) is 9.16 Å². The summed E-state index contributed by atoms with van der Waals surface area (Å²) in [6.45, 7) is 10.8. The number of rotatable bonds is 2. The summed E-state index contributed by atoms with van der Waals surface area (Å²) >= 11 is 0. The van der Waals surface area contributed by atoms with Crippen LogP contribution in [-0.4, -0.2) is 31.6 Å². The minimum atomic E-state index is -1.97. The van der Waals surface area contributed by atoms with E-state index in [1.807, 2.05) is 6.92 Å². The molecule has 6 rings (SSSR count). The number of esters is 1. The van der Waals surface area contributed by atoms with Crippen molar-refractivity contribution < 1.29 is 19.1 Å². The molecule has 2 heterocycles. The molecule has 6 atom stereocenters. The molecule has 3 aliphatic carbocycles. The monoisotopic (exact) mass is 372 g/mol. The topological polar surface area (TPSA) is 55.8 Å². The average Bonchev–Trinajstić information content (AvgIpc) is 2.89. The summed E-state index contributed by atoms with van der Waals surface area (Å²) < 4.78 is 12.9. The Bertz CT molecular complexity index is 828. The second-order valence-corrected chi connectivity index (χ2v) is 14.2. The van der Waals surface area contributed by atoms with Crippen LogP contribution in [0, 0.1) is 24.2 Å². The van der Waals surface area contributed by atoms with Gasteiger partial charge in [-0.15, -0.1) is 0 Å². The van der Waals surface area contributed by atoms with E-state index >= 15 is 0 Å². The quantitative estimate of drug-likeness (QED) is 0.640. The van der Waals surface area contributed by atoms with Crippen molar-refractivity contribution >= 4 is 14.3 Å². The Hall–Kier alpha value is -1.17. The van der Waals surface area contributed by atoms with E-state index in [-0.39, 0.29) is 17.8 Å². The molecule has 1 N–H and O–H groups in total. The number of carbonyl (C=O) groups is 1. The summed E-state index contributed by atoms with van der Waals surface area (Å²) in [5, 5.41) is 11.0. The second kappa shape index (κ2) is 4.81. The van der Waals surface area contributed by atoms with E-state index in [1.165, 1.54) is 22.3 Å². The van der Waals surface area contributed by atoms with Crippen LogP contribution < -0.4 is 0 Å².